The van der Waals surface area contributed by atoms with Gasteiger partial charge in [-0.2, -0.15) is 0 Å². The van der Waals surface area contributed by atoms with E-state index in [1.807, 2.05) is 12.1 Å². The van der Waals surface area contributed by atoms with E-state index in [9.17, 15) is 4.79 Å². The van der Waals surface area contributed by atoms with Crippen molar-refractivity contribution in [3.05, 3.63) is 77.9 Å². The minimum atomic E-state index is -2.78. The van der Waals surface area contributed by atoms with Crippen molar-refractivity contribution in [1.82, 2.24) is 0 Å². The lowest BCUT2D eigenvalue weighted by Crippen LogP contribution is -2.67. The number of carbonyl (C=O) groups is 1. The van der Waals surface area contributed by atoms with E-state index in [-0.39, 0.29) is 16.9 Å². The average molecular weight is 505 g/mol. The van der Waals surface area contributed by atoms with Gasteiger partial charge in [-0.3, -0.25) is 4.79 Å². The third kappa shape index (κ3) is 4.55. The second-order valence-corrected chi connectivity index (χ2v) is 14.5. The van der Waals surface area contributed by atoms with Crippen LogP contribution in [-0.4, -0.2) is 41.5 Å². The van der Waals surface area contributed by atoms with Crippen LogP contribution in [0, 0.1) is 0 Å². The van der Waals surface area contributed by atoms with E-state index >= 15 is 0 Å². The van der Waals surface area contributed by atoms with Gasteiger partial charge in [-0.25, -0.2) is 0 Å². The van der Waals surface area contributed by atoms with Crippen molar-refractivity contribution in [2.75, 3.05) is 21.3 Å². The van der Waals surface area contributed by atoms with E-state index in [1.54, 1.807) is 27.4 Å². The number of Topliss-reactive ketones (excluding diaryl/α,β-unsaturated/α-hetero) is 1. The summed E-state index contributed by atoms with van der Waals surface area (Å²) in [5.41, 5.74) is 1.48. The zero-order chi connectivity index (χ0) is 25.9. The number of benzene rings is 3. The van der Waals surface area contributed by atoms with Crippen molar-refractivity contribution in [2.24, 2.45) is 0 Å². The summed E-state index contributed by atoms with van der Waals surface area (Å²) >= 11 is 0. The normalized spacial score (nSPS) is 16.2. The zero-order valence-corrected chi connectivity index (χ0v) is 23.1. The molecule has 36 heavy (non-hydrogen) atoms. The molecule has 0 radical (unpaired) electrons. The first-order valence-electron chi connectivity index (χ1n) is 12.4. The van der Waals surface area contributed by atoms with Crippen molar-refractivity contribution in [2.45, 2.75) is 51.2 Å². The van der Waals surface area contributed by atoms with Gasteiger partial charge in [0, 0.05) is 17.5 Å². The highest BCUT2D eigenvalue weighted by Crippen LogP contribution is 2.45. The smallest absolute Gasteiger partial charge is 0.261 e. The van der Waals surface area contributed by atoms with Crippen LogP contribution in [0.1, 0.15) is 49.5 Å². The first-order chi connectivity index (χ1) is 17.3. The second kappa shape index (κ2) is 10.5. The lowest BCUT2D eigenvalue weighted by molar-refractivity contribution is 0.0898. The molecular weight excluding hydrogens is 468 g/mol. The van der Waals surface area contributed by atoms with Crippen LogP contribution in [0.15, 0.2) is 66.7 Å². The first-order valence-corrected chi connectivity index (χ1v) is 14.3. The van der Waals surface area contributed by atoms with E-state index < -0.39 is 8.32 Å². The maximum absolute atomic E-state index is 13.6. The van der Waals surface area contributed by atoms with Crippen LogP contribution < -0.4 is 24.6 Å². The van der Waals surface area contributed by atoms with Gasteiger partial charge in [0.1, 0.15) is 0 Å². The predicted molar refractivity (Wildman–Crippen MR) is 146 cm³/mol. The highest BCUT2D eigenvalue weighted by Gasteiger charge is 2.51. The quantitative estimate of drug-likeness (QED) is 0.328. The summed E-state index contributed by atoms with van der Waals surface area (Å²) in [5.74, 6) is 1.60. The van der Waals surface area contributed by atoms with Crippen LogP contribution in [-0.2, 0) is 10.8 Å². The lowest BCUT2D eigenvalue weighted by atomic mass is 9.99. The molecule has 6 heteroatoms. The number of hydrogen-bond donors (Lipinski definition) is 0. The molecule has 1 unspecified atom stereocenters. The molecule has 0 bridgehead atoms. The fourth-order valence-corrected chi connectivity index (χ4v) is 10.2. The Morgan fingerprint density at radius 2 is 1.36 bits per heavy atom. The molecule has 0 fully saturated rings. The summed E-state index contributed by atoms with van der Waals surface area (Å²) in [6, 6.07) is 22.9. The number of methoxy groups -OCH3 is 3. The summed E-state index contributed by atoms with van der Waals surface area (Å²) in [6.45, 7) is 6.77. The van der Waals surface area contributed by atoms with Crippen molar-refractivity contribution >= 4 is 24.5 Å². The topological polar surface area (TPSA) is 54.0 Å². The van der Waals surface area contributed by atoms with Crippen LogP contribution in [0.5, 0.6) is 17.2 Å². The summed E-state index contributed by atoms with van der Waals surface area (Å²) in [5, 5.41) is 2.25. The summed E-state index contributed by atoms with van der Waals surface area (Å²) < 4.78 is 24.1. The van der Waals surface area contributed by atoms with Gasteiger partial charge in [0.25, 0.3) is 8.32 Å². The highest BCUT2D eigenvalue weighted by molar-refractivity contribution is 6.99. The molecular formula is C30H36O5Si. The van der Waals surface area contributed by atoms with E-state index in [2.05, 4.69) is 69.3 Å². The SMILES string of the molecule is COc1cc2c(c(OC)c1OC)CCC(O[Si](c1ccccc1)(c1ccccc1)C(C)(C)C)CC2=O. The summed E-state index contributed by atoms with van der Waals surface area (Å²) in [7, 11) is 1.97. The van der Waals surface area contributed by atoms with Crippen LogP contribution in [0.25, 0.3) is 0 Å². The fraction of sp³-hybridized carbons (Fsp3) is 0.367. The highest BCUT2D eigenvalue weighted by atomic mass is 28.4. The number of fused-ring (bicyclic) bond motifs is 1. The van der Waals surface area contributed by atoms with Crippen molar-refractivity contribution in [3.8, 4) is 17.2 Å². The van der Waals surface area contributed by atoms with Gasteiger partial charge in [-0.15, -0.1) is 0 Å². The number of ketones is 1. The average Bonchev–Trinajstić information content (AvgIpc) is 3.04. The molecule has 0 heterocycles. The summed E-state index contributed by atoms with van der Waals surface area (Å²) in [4.78, 5) is 13.6. The van der Waals surface area contributed by atoms with Gasteiger partial charge in [0.2, 0.25) is 5.75 Å². The predicted octanol–water partition coefficient (Wildman–Crippen LogP) is 5.18. The van der Waals surface area contributed by atoms with Gasteiger partial charge >= 0.3 is 0 Å². The molecule has 5 nitrogen and oxygen atoms in total. The zero-order valence-electron chi connectivity index (χ0n) is 22.1. The maximum Gasteiger partial charge on any atom is 0.261 e. The number of carbonyl (C=O) groups excluding carboxylic acids is 1. The summed E-state index contributed by atoms with van der Waals surface area (Å²) in [6.07, 6.45) is 1.41. The van der Waals surface area contributed by atoms with E-state index in [0.29, 0.717) is 42.1 Å². The van der Waals surface area contributed by atoms with Crippen LogP contribution >= 0.6 is 0 Å². The molecule has 0 N–H and O–H groups in total. The fourth-order valence-electron chi connectivity index (χ4n) is 5.48. The molecule has 0 saturated heterocycles. The number of hydrogen-bond acceptors (Lipinski definition) is 5. The minimum Gasteiger partial charge on any atom is -0.493 e. The van der Waals surface area contributed by atoms with Crippen molar-refractivity contribution < 1.29 is 23.4 Å². The van der Waals surface area contributed by atoms with E-state index in [4.69, 9.17) is 18.6 Å². The number of ether oxygens (including phenoxy) is 3. The molecule has 1 atom stereocenters. The Kier molecular flexibility index (Phi) is 7.57. The van der Waals surface area contributed by atoms with Crippen LogP contribution in [0.3, 0.4) is 0 Å². The Labute approximate surface area is 215 Å². The molecule has 0 amide bonds. The minimum absolute atomic E-state index is 0.0321. The third-order valence-electron chi connectivity index (χ3n) is 7.12. The van der Waals surface area contributed by atoms with Crippen molar-refractivity contribution in [1.29, 1.82) is 0 Å². The lowest BCUT2D eigenvalue weighted by Gasteiger charge is -2.45. The molecule has 190 valence electrons. The standard InChI is InChI=1S/C30H36O5Si/c1-30(2,3)36(22-13-9-7-10-14-22,23-15-11-8-12-16-23)35-21-17-18-24-25(26(31)19-21)20-27(32-4)29(34-6)28(24)33-5/h7-16,20-21H,17-19H2,1-6H3. The molecule has 3 aromatic carbocycles. The van der Waals surface area contributed by atoms with Gasteiger partial charge in [-0.05, 0) is 34.3 Å². The maximum atomic E-state index is 13.6. The van der Waals surface area contributed by atoms with Gasteiger partial charge in [0.05, 0.1) is 27.4 Å². The molecule has 4 rings (SSSR count). The second-order valence-electron chi connectivity index (χ2n) is 10.2. The van der Waals surface area contributed by atoms with Crippen LogP contribution in [0.2, 0.25) is 5.04 Å². The Morgan fingerprint density at radius 1 is 0.806 bits per heavy atom. The van der Waals surface area contributed by atoms with E-state index in [1.165, 1.54) is 10.4 Å². The molecule has 3 aromatic rings. The van der Waals surface area contributed by atoms with Gasteiger partial charge in [0.15, 0.2) is 17.3 Å². The first kappa shape index (κ1) is 26.0. The largest absolute Gasteiger partial charge is 0.493 e. The van der Waals surface area contributed by atoms with Gasteiger partial charge in [-0.1, -0.05) is 81.4 Å². The van der Waals surface area contributed by atoms with E-state index in [0.717, 1.165) is 5.56 Å². The molecule has 0 aliphatic heterocycles. The van der Waals surface area contributed by atoms with Gasteiger partial charge < -0.3 is 18.6 Å². The van der Waals surface area contributed by atoms with Crippen molar-refractivity contribution in [3.63, 3.8) is 0 Å². The molecule has 0 aromatic heterocycles. The Balaban J connectivity index is 1.80. The molecule has 1 aliphatic rings. The number of rotatable bonds is 7. The molecule has 0 spiro atoms. The third-order valence-corrected chi connectivity index (χ3v) is 12.2. The Morgan fingerprint density at radius 3 is 1.83 bits per heavy atom. The Hall–Kier alpha value is -3.09. The molecule has 0 saturated carbocycles. The molecule has 1 aliphatic carbocycles. The Bertz CT molecular complexity index is 1160. The monoisotopic (exact) mass is 504 g/mol. The van der Waals surface area contributed by atoms with Crippen LogP contribution in [0.4, 0.5) is 0 Å².